The number of carboxylic acids is 1. The Hall–Kier alpha value is -3.22. The number of benzene rings is 2. The molecule has 0 bridgehead atoms. The van der Waals surface area contributed by atoms with E-state index < -0.39 is 11.6 Å². The van der Waals surface area contributed by atoms with Crippen molar-refractivity contribution < 1.29 is 24.2 Å². The van der Waals surface area contributed by atoms with E-state index in [1.54, 1.807) is 37.4 Å². The lowest BCUT2D eigenvalue weighted by Crippen LogP contribution is -2.49. The number of hydrogen-bond acceptors (Lipinski definition) is 6. The Morgan fingerprint density at radius 3 is 2.21 bits per heavy atom. The summed E-state index contributed by atoms with van der Waals surface area (Å²) in [6.45, 7) is 5.46. The first kappa shape index (κ1) is 20.5. The van der Waals surface area contributed by atoms with Crippen LogP contribution < -0.4 is 19.5 Å². The molecule has 0 spiro atoms. The first-order valence-corrected chi connectivity index (χ1v) is 9.49. The topological polar surface area (TPSA) is 82.1 Å². The van der Waals surface area contributed by atoms with Gasteiger partial charge in [0.25, 0.3) is 5.91 Å². The summed E-state index contributed by atoms with van der Waals surface area (Å²) >= 11 is 0. The third-order valence-electron chi connectivity index (χ3n) is 4.95. The molecule has 1 heterocycles. The fourth-order valence-corrected chi connectivity index (χ4v) is 3.16. The predicted octanol–water partition coefficient (Wildman–Crippen LogP) is 1.56. The lowest BCUT2D eigenvalue weighted by molar-refractivity contribution is -0.320. The van der Waals surface area contributed by atoms with Crippen LogP contribution in [0.5, 0.6) is 11.5 Å². The monoisotopic (exact) mass is 397 g/mol. The van der Waals surface area contributed by atoms with Gasteiger partial charge in [-0.3, -0.25) is 4.79 Å². The van der Waals surface area contributed by atoms with Gasteiger partial charge < -0.3 is 29.2 Å². The van der Waals surface area contributed by atoms with Gasteiger partial charge in [0, 0.05) is 43.5 Å². The highest BCUT2D eigenvalue weighted by molar-refractivity contribution is 5.94. The van der Waals surface area contributed by atoms with Gasteiger partial charge in [-0.25, -0.2) is 0 Å². The lowest BCUT2D eigenvalue weighted by Gasteiger charge is -2.36. The van der Waals surface area contributed by atoms with E-state index in [-0.39, 0.29) is 5.91 Å². The van der Waals surface area contributed by atoms with Crippen molar-refractivity contribution in [1.82, 2.24) is 4.90 Å². The Morgan fingerprint density at radius 1 is 0.966 bits per heavy atom. The summed E-state index contributed by atoms with van der Waals surface area (Å²) in [5.74, 6) is -0.0857. The van der Waals surface area contributed by atoms with E-state index >= 15 is 0 Å². The number of piperazine rings is 1. The number of carboxylic acid groups (broad SMARTS) is 1. The number of anilines is 1. The van der Waals surface area contributed by atoms with Crippen molar-refractivity contribution in [2.75, 3.05) is 38.2 Å². The molecule has 3 rings (SSSR count). The number of rotatable bonds is 6. The molecule has 0 atom stereocenters. The van der Waals surface area contributed by atoms with Crippen LogP contribution in [0.25, 0.3) is 0 Å². The van der Waals surface area contributed by atoms with Crippen LogP contribution in [0.1, 0.15) is 24.2 Å². The largest absolute Gasteiger partial charge is 0.546 e. The normalized spacial score (nSPS) is 14.4. The molecule has 2 aromatic rings. The lowest BCUT2D eigenvalue weighted by atomic mass is 10.1. The maximum atomic E-state index is 12.7. The van der Waals surface area contributed by atoms with Crippen LogP contribution in [-0.4, -0.2) is 55.7 Å². The van der Waals surface area contributed by atoms with Crippen LogP contribution in [0.2, 0.25) is 0 Å². The number of ether oxygens (including phenoxy) is 2. The number of aliphatic carboxylic acids is 1. The highest BCUT2D eigenvalue weighted by Crippen LogP contribution is 2.25. The maximum Gasteiger partial charge on any atom is 0.253 e. The minimum atomic E-state index is -1.41. The van der Waals surface area contributed by atoms with E-state index in [1.165, 1.54) is 13.8 Å². The van der Waals surface area contributed by atoms with Gasteiger partial charge in [0.05, 0.1) is 13.1 Å². The molecule has 7 nitrogen and oxygen atoms in total. The summed E-state index contributed by atoms with van der Waals surface area (Å²) in [5.41, 5.74) is 0.148. The summed E-state index contributed by atoms with van der Waals surface area (Å²) in [4.78, 5) is 27.9. The summed E-state index contributed by atoms with van der Waals surface area (Å²) in [5, 5.41) is 11.2. The molecule has 0 saturated carbocycles. The molecule has 1 aliphatic rings. The van der Waals surface area contributed by atoms with E-state index in [1.807, 2.05) is 23.1 Å². The third kappa shape index (κ3) is 4.80. The number of amides is 1. The molecule has 154 valence electrons. The van der Waals surface area contributed by atoms with E-state index in [2.05, 4.69) is 4.90 Å². The van der Waals surface area contributed by atoms with Gasteiger partial charge in [-0.1, -0.05) is 6.07 Å². The van der Waals surface area contributed by atoms with Gasteiger partial charge in [0.1, 0.15) is 17.1 Å². The molecule has 2 aromatic carbocycles. The number of carbonyl (C=O) groups excluding carboxylic acids is 2. The number of methoxy groups -OCH3 is 1. The standard InChI is InChI=1S/C22H26N2O5/c1-22(2,21(26)27)29-19-6-4-5-17(15-19)23-11-13-24(14-12-23)20(25)16-7-9-18(28-3)10-8-16/h4-10,15H,11-14H2,1-3H3,(H,26,27)/p-1. The van der Waals surface area contributed by atoms with Crippen LogP contribution in [0.3, 0.4) is 0 Å². The Balaban J connectivity index is 1.62. The number of hydrogen-bond donors (Lipinski definition) is 0. The van der Waals surface area contributed by atoms with Crippen molar-refractivity contribution in [3.8, 4) is 11.5 Å². The Bertz CT molecular complexity index is 871. The molecule has 1 saturated heterocycles. The summed E-state index contributed by atoms with van der Waals surface area (Å²) in [6.07, 6.45) is 0. The zero-order chi connectivity index (χ0) is 21.0. The van der Waals surface area contributed by atoms with Gasteiger partial charge in [-0.2, -0.15) is 0 Å². The van der Waals surface area contributed by atoms with E-state index in [0.29, 0.717) is 37.5 Å². The second kappa shape index (κ2) is 8.43. The Labute approximate surface area is 170 Å². The third-order valence-corrected chi connectivity index (χ3v) is 4.95. The van der Waals surface area contributed by atoms with Crippen LogP contribution in [0, 0.1) is 0 Å². The number of nitrogens with zero attached hydrogens (tertiary/aromatic N) is 2. The molecular formula is C22H25N2O5-. The Kier molecular flexibility index (Phi) is 5.96. The second-order valence-corrected chi connectivity index (χ2v) is 7.40. The molecule has 29 heavy (non-hydrogen) atoms. The predicted molar refractivity (Wildman–Crippen MR) is 107 cm³/mol. The van der Waals surface area contributed by atoms with E-state index in [9.17, 15) is 14.7 Å². The average molecular weight is 397 g/mol. The van der Waals surface area contributed by atoms with E-state index in [4.69, 9.17) is 9.47 Å². The first-order valence-electron chi connectivity index (χ1n) is 9.49. The molecule has 0 radical (unpaired) electrons. The van der Waals surface area contributed by atoms with Crippen molar-refractivity contribution in [2.45, 2.75) is 19.4 Å². The Morgan fingerprint density at radius 2 is 1.62 bits per heavy atom. The smallest absolute Gasteiger partial charge is 0.253 e. The van der Waals surface area contributed by atoms with Crippen LogP contribution in [-0.2, 0) is 4.79 Å². The summed E-state index contributed by atoms with van der Waals surface area (Å²) in [6, 6.07) is 14.4. The zero-order valence-electron chi connectivity index (χ0n) is 16.9. The highest BCUT2D eigenvalue weighted by atomic mass is 16.5. The van der Waals surface area contributed by atoms with Crippen molar-refractivity contribution >= 4 is 17.6 Å². The minimum Gasteiger partial charge on any atom is -0.546 e. The van der Waals surface area contributed by atoms with Crippen molar-refractivity contribution in [3.63, 3.8) is 0 Å². The van der Waals surface area contributed by atoms with Crippen molar-refractivity contribution in [2.24, 2.45) is 0 Å². The molecule has 0 aliphatic carbocycles. The molecule has 0 aromatic heterocycles. The van der Waals surface area contributed by atoms with Gasteiger partial charge in [-0.15, -0.1) is 0 Å². The molecular weight excluding hydrogens is 372 g/mol. The molecule has 1 aliphatic heterocycles. The van der Waals surface area contributed by atoms with Crippen molar-refractivity contribution in [3.05, 3.63) is 54.1 Å². The van der Waals surface area contributed by atoms with Crippen LogP contribution in [0.4, 0.5) is 5.69 Å². The SMILES string of the molecule is COc1ccc(C(=O)N2CCN(c3cccc(OC(C)(C)C(=O)[O-])c3)CC2)cc1. The second-order valence-electron chi connectivity index (χ2n) is 7.40. The molecule has 1 fully saturated rings. The molecule has 1 amide bonds. The van der Waals surface area contributed by atoms with Gasteiger partial charge >= 0.3 is 0 Å². The summed E-state index contributed by atoms with van der Waals surface area (Å²) < 4.78 is 10.7. The average Bonchev–Trinajstić information content (AvgIpc) is 2.73. The minimum absolute atomic E-state index is 0.0000879. The zero-order valence-corrected chi connectivity index (χ0v) is 16.9. The van der Waals surface area contributed by atoms with Gasteiger partial charge in [0.15, 0.2) is 0 Å². The number of carbonyl (C=O) groups is 2. The van der Waals surface area contributed by atoms with Crippen LogP contribution >= 0.6 is 0 Å². The fourth-order valence-electron chi connectivity index (χ4n) is 3.16. The maximum absolute atomic E-state index is 12.7. The molecule has 0 N–H and O–H groups in total. The molecule has 7 heteroatoms. The fraction of sp³-hybridized carbons (Fsp3) is 0.364. The summed E-state index contributed by atoms with van der Waals surface area (Å²) in [7, 11) is 1.59. The van der Waals surface area contributed by atoms with Gasteiger partial charge in [-0.05, 0) is 50.2 Å². The molecule has 0 unspecified atom stereocenters. The quantitative estimate of drug-likeness (QED) is 0.736. The highest BCUT2D eigenvalue weighted by Gasteiger charge is 2.24. The van der Waals surface area contributed by atoms with Crippen LogP contribution in [0.15, 0.2) is 48.5 Å². The van der Waals surface area contributed by atoms with Crippen molar-refractivity contribution in [1.29, 1.82) is 0 Å². The van der Waals surface area contributed by atoms with Gasteiger partial charge in [0.2, 0.25) is 0 Å². The van der Waals surface area contributed by atoms with E-state index in [0.717, 1.165) is 11.4 Å². The first-order chi connectivity index (χ1) is 13.8.